The quantitative estimate of drug-likeness (QED) is 0.799. The molecule has 0 aliphatic carbocycles. The lowest BCUT2D eigenvalue weighted by Gasteiger charge is -2.10. The third-order valence-corrected chi connectivity index (χ3v) is 2.54. The van der Waals surface area contributed by atoms with Gasteiger partial charge in [-0.2, -0.15) is 0 Å². The molecule has 0 aromatic heterocycles. The van der Waals surface area contributed by atoms with Gasteiger partial charge in [-0.05, 0) is 30.5 Å². The van der Waals surface area contributed by atoms with E-state index in [9.17, 15) is 4.79 Å². The Hall–Kier alpha value is -1.51. The number of rotatable bonds is 5. The predicted molar refractivity (Wildman–Crippen MR) is 59.7 cm³/mol. The average Bonchev–Trinajstić information content (AvgIpc) is 2.26. The Morgan fingerprint density at radius 1 is 1.40 bits per heavy atom. The fraction of sp³-hybridized carbons (Fsp3) is 0.417. The van der Waals surface area contributed by atoms with E-state index in [2.05, 4.69) is 0 Å². The van der Waals surface area contributed by atoms with Crippen molar-refractivity contribution < 1.29 is 9.53 Å². The van der Waals surface area contributed by atoms with Gasteiger partial charge in [0, 0.05) is 5.92 Å². The van der Waals surface area contributed by atoms with Crippen LogP contribution in [-0.2, 0) is 11.2 Å². The van der Waals surface area contributed by atoms with Crippen LogP contribution in [0.5, 0.6) is 5.75 Å². The van der Waals surface area contributed by atoms with Gasteiger partial charge in [0.2, 0.25) is 5.91 Å². The third-order valence-electron chi connectivity index (χ3n) is 2.54. The van der Waals surface area contributed by atoms with Gasteiger partial charge in [0.25, 0.3) is 0 Å². The van der Waals surface area contributed by atoms with Gasteiger partial charge in [0.15, 0.2) is 0 Å². The van der Waals surface area contributed by atoms with Crippen LogP contribution in [0.1, 0.15) is 18.9 Å². The van der Waals surface area contributed by atoms with Gasteiger partial charge in [0.1, 0.15) is 5.75 Å². The van der Waals surface area contributed by atoms with E-state index in [0.717, 1.165) is 17.7 Å². The molecule has 1 rings (SSSR count). The summed E-state index contributed by atoms with van der Waals surface area (Å²) in [4.78, 5) is 11.1. The fourth-order valence-corrected chi connectivity index (χ4v) is 1.49. The standard InChI is InChI=1S/C12H17NO2/c1-3-10(12(13)14)8-9-4-6-11(15-2)7-5-9/h4-7,10H,3,8H2,1-2H3,(H2,13,14). The molecule has 0 bridgehead atoms. The van der Waals surface area contributed by atoms with Crippen molar-refractivity contribution in [1.29, 1.82) is 0 Å². The normalized spacial score (nSPS) is 12.1. The maximum Gasteiger partial charge on any atom is 0.220 e. The second-order valence-corrected chi connectivity index (χ2v) is 3.56. The number of hydrogen-bond acceptors (Lipinski definition) is 2. The molecule has 0 saturated heterocycles. The van der Waals surface area contributed by atoms with Crippen LogP contribution in [0.3, 0.4) is 0 Å². The van der Waals surface area contributed by atoms with Gasteiger partial charge in [-0.15, -0.1) is 0 Å². The second kappa shape index (κ2) is 5.39. The second-order valence-electron chi connectivity index (χ2n) is 3.56. The minimum absolute atomic E-state index is 0.0709. The number of hydrogen-bond donors (Lipinski definition) is 1. The Kier molecular flexibility index (Phi) is 4.16. The first-order valence-electron chi connectivity index (χ1n) is 5.09. The summed E-state index contributed by atoms with van der Waals surface area (Å²) in [7, 11) is 1.63. The lowest BCUT2D eigenvalue weighted by Crippen LogP contribution is -2.24. The van der Waals surface area contributed by atoms with E-state index >= 15 is 0 Å². The molecule has 0 heterocycles. The van der Waals surface area contributed by atoms with Crippen LogP contribution in [0.2, 0.25) is 0 Å². The van der Waals surface area contributed by atoms with Crippen molar-refractivity contribution in [3.05, 3.63) is 29.8 Å². The highest BCUT2D eigenvalue weighted by atomic mass is 16.5. The Labute approximate surface area is 90.2 Å². The number of carbonyl (C=O) groups excluding carboxylic acids is 1. The summed E-state index contributed by atoms with van der Waals surface area (Å²) in [5, 5.41) is 0. The number of nitrogens with two attached hydrogens (primary N) is 1. The molecule has 1 atom stereocenters. The Morgan fingerprint density at radius 2 is 2.00 bits per heavy atom. The first kappa shape index (κ1) is 11.6. The SMILES string of the molecule is CCC(Cc1ccc(OC)cc1)C(N)=O. The molecule has 1 unspecified atom stereocenters. The van der Waals surface area contributed by atoms with Crippen LogP contribution < -0.4 is 10.5 Å². The van der Waals surface area contributed by atoms with Crippen LogP contribution in [0.4, 0.5) is 0 Å². The van der Waals surface area contributed by atoms with E-state index in [1.165, 1.54) is 0 Å². The molecule has 1 amide bonds. The minimum atomic E-state index is -0.228. The third kappa shape index (κ3) is 3.27. The number of ether oxygens (including phenoxy) is 1. The topological polar surface area (TPSA) is 52.3 Å². The van der Waals surface area contributed by atoms with Crippen molar-refractivity contribution in [2.75, 3.05) is 7.11 Å². The van der Waals surface area contributed by atoms with E-state index in [1.54, 1.807) is 7.11 Å². The van der Waals surface area contributed by atoms with E-state index in [4.69, 9.17) is 10.5 Å². The Bertz CT molecular complexity index is 319. The predicted octanol–water partition coefficient (Wildman–Crippen LogP) is 1.75. The zero-order valence-electron chi connectivity index (χ0n) is 9.19. The zero-order chi connectivity index (χ0) is 11.3. The van der Waals surface area contributed by atoms with Gasteiger partial charge in [0.05, 0.1) is 7.11 Å². The number of carbonyl (C=O) groups is 1. The molecule has 1 aromatic rings. The van der Waals surface area contributed by atoms with Crippen molar-refractivity contribution in [3.8, 4) is 5.75 Å². The van der Waals surface area contributed by atoms with Crippen LogP contribution >= 0.6 is 0 Å². The molecular formula is C12H17NO2. The first-order valence-corrected chi connectivity index (χ1v) is 5.09. The molecule has 0 aliphatic heterocycles. The van der Waals surface area contributed by atoms with Crippen molar-refractivity contribution in [3.63, 3.8) is 0 Å². The summed E-state index contributed by atoms with van der Waals surface area (Å²) in [5.74, 6) is 0.526. The molecule has 0 fully saturated rings. The van der Waals surface area contributed by atoms with Crippen molar-refractivity contribution in [2.45, 2.75) is 19.8 Å². The van der Waals surface area contributed by atoms with Crippen LogP contribution in [0.25, 0.3) is 0 Å². The smallest absolute Gasteiger partial charge is 0.220 e. The maximum atomic E-state index is 11.1. The van der Waals surface area contributed by atoms with Crippen LogP contribution in [-0.4, -0.2) is 13.0 Å². The summed E-state index contributed by atoms with van der Waals surface area (Å²) in [6.07, 6.45) is 1.48. The summed E-state index contributed by atoms with van der Waals surface area (Å²) in [6, 6.07) is 7.71. The van der Waals surface area contributed by atoms with Gasteiger partial charge >= 0.3 is 0 Å². The van der Waals surface area contributed by atoms with Gasteiger partial charge < -0.3 is 10.5 Å². The van der Waals surface area contributed by atoms with Crippen LogP contribution in [0.15, 0.2) is 24.3 Å². The largest absolute Gasteiger partial charge is 0.497 e. The average molecular weight is 207 g/mol. The van der Waals surface area contributed by atoms with Crippen molar-refractivity contribution >= 4 is 5.91 Å². The number of amides is 1. The van der Waals surface area contributed by atoms with Gasteiger partial charge in [-0.3, -0.25) is 4.79 Å². The molecule has 0 spiro atoms. The Morgan fingerprint density at radius 3 is 2.40 bits per heavy atom. The first-order chi connectivity index (χ1) is 7.17. The number of primary amides is 1. The number of benzene rings is 1. The summed E-state index contributed by atoms with van der Waals surface area (Å²) < 4.78 is 5.06. The Balaban J connectivity index is 2.67. The summed E-state index contributed by atoms with van der Waals surface area (Å²) in [5.41, 5.74) is 6.40. The number of methoxy groups -OCH3 is 1. The fourth-order valence-electron chi connectivity index (χ4n) is 1.49. The van der Waals surface area contributed by atoms with Crippen LogP contribution in [0, 0.1) is 5.92 Å². The maximum absolute atomic E-state index is 11.1. The highest BCUT2D eigenvalue weighted by Gasteiger charge is 2.13. The van der Waals surface area contributed by atoms with Gasteiger partial charge in [-0.1, -0.05) is 19.1 Å². The minimum Gasteiger partial charge on any atom is -0.497 e. The zero-order valence-corrected chi connectivity index (χ0v) is 9.19. The summed E-state index contributed by atoms with van der Waals surface area (Å²) in [6.45, 7) is 1.97. The molecule has 3 heteroatoms. The van der Waals surface area contributed by atoms with E-state index in [-0.39, 0.29) is 11.8 Å². The molecule has 0 aliphatic rings. The lowest BCUT2D eigenvalue weighted by molar-refractivity contribution is -0.121. The molecule has 1 aromatic carbocycles. The highest BCUT2D eigenvalue weighted by Crippen LogP contribution is 2.16. The summed E-state index contributed by atoms with van der Waals surface area (Å²) >= 11 is 0. The van der Waals surface area contributed by atoms with Crippen molar-refractivity contribution in [1.82, 2.24) is 0 Å². The van der Waals surface area contributed by atoms with Crippen molar-refractivity contribution in [2.24, 2.45) is 11.7 Å². The molecule has 3 nitrogen and oxygen atoms in total. The lowest BCUT2D eigenvalue weighted by atomic mass is 9.96. The molecule has 2 N–H and O–H groups in total. The highest BCUT2D eigenvalue weighted by molar-refractivity contribution is 5.76. The van der Waals surface area contributed by atoms with Gasteiger partial charge in [-0.25, -0.2) is 0 Å². The monoisotopic (exact) mass is 207 g/mol. The molecular weight excluding hydrogens is 190 g/mol. The van der Waals surface area contributed by atoms with E-state index < -0.39 is 0 Å². The van der Waals surface area contributed by atoms with E-state index in [0.29, 0.717) is 6.42 Å². The molecule has 0 radical (unpaired) electrons. The molecule has 15 heavy (non-hydrogen) atoms. The van der Waals surface area contributed by atoms with E-state index in [1.807, 2.05) is 31.2 Å². The molecule has 0 saturated carbocycles. The molecule has 82 valence electrons.